The normalized spacial score (nSPS) is 11.1. The molecule has 132 valence electrons. The van der Waals surface area contributed by atoms with Gasteiger partial charge in [0.1, 0.15) is 15.5 Å². The van der Waals surface area contributed by atoms with Crippen LogP contribution in [-0.4, -0.2) is 31.1 Å². The Morgan fingerprint density at radius 2 is 1.80 bits per heavy atom. The first kappa shape index (κ1) is 18.6. The molecule has 0 aromatic heterocycles. The lowest BCUT2D eigenvalue weighted by Gasteiger charge is -2.09. The van der Waals surface area contributed by atoms with Crippen molar-refractivity contribution >= 4 is 32.7 Å². The number of hydrogen-bond donors (Lipinski definition) is 1. The summed E-state index contributed by atoms with van der Waals surface area (Å²) in [6, 6.07) is 11.2. The Morgan fingerprint density at radius 1 is 1.16 bits per heavy atom. The molecule has 0 amide bonds. The molecule has 0 aliphatic rings. The number of nitro groups is 1. The molecule has 0 atom stereocenters. The van der Waals surface area contributed by atoms with Crippen LogP contribution in [-0.2, 0) is 16.3 Å². The first-order valence-corrected chi connectivity index (χ1v) is 9.55. The van der Waals surface area contributed by atoms with E-state index in [2.05, 4.69) is 5.32 Å². The fraction of sp³-hybridized carbons (Fsp3) is 0.235. The topological polar surface area (TPSA) is 106 Å². The molecule has 0 heterocycles. The molecule has 2 aromatic rings. The van der Waals surface area contributed by atoms with Gasteiger partial charge >= 0.3 is 0 Å². The van der Waals surface area contributed by atoms with Crippen LogP contribution >= 0.6 is 0 Å². The van der Waals surface area contributed by atoms with Gasteiger partial charge in [0.2, 0.25) is 0 Å². The van der Waals surface area contributed by atoms with Crippen molar-refractivity contribution in [2.24, 2.45) is 0 Å². The average molecular weight is 362 g/mol. The summed E-state index contributed by atoms with van der Waals surface area (Å²) in [4.78, 5) is 22.0. The highest BCUT2D eigenvalue weighted by molar-refractivity contribution is 7.90. The molecule has 8 heteroatoms. The molecule has 1 N–H and O–H groups in total. The van der Waals surface area contributed by atoms with E-state index in [1.165, 1.54) is 31.4 Å². The first-order chi connectivity index (χ1) is 11.7. The van der Waals surface area contributed by atoms with Crippen LogP contribution in [0.4, 0.5) is 17.1 Å². The van der Waals surface area contributed by atoms with Crippen molar-refractivity contribution in [3.63, 3.8) is 0 Å². The molecule has 0 unspecified atom stereocenters. The minimum Gasteiger partial charge on any atom is -0.350 e. The molecule has 7 nitrogen and oxygen atoms in total. The highest BCUT2D eigenvalue weighted by Gasteiger charge is 2.16. The summed E-state index contributed by atoms with van der Waals surface area (Å²) < 4.78 is 22.4. The molecule has 0 saturated carbocycles. The maximum atomic E-state index is 11.4. The second-order valence-electron chi connectivity index (χ2n) is 5.75. The number of nitrogens with zero attached hydrogens (tertiary/aromatic N) is 1. The van der Waals surface area contributed by atoms with Gasteiger partial charge in [-0.1, -0.05) is 12.1 Å². The Bertz CT molecular complexity index is 905. The molecule has 0 spiro atoms. The van der Waals surface area contributed by atoms with Crippen LogP contribution in [0.1, 0.15) is 22.8 Å². The number of carbonyl (C=O) groups is 1. The number of nitro benzene ring substituents is 1. The van der Waals surface area contributed by atoms with E-state index in [1.807, 2.05) is 0 Å². The van der Waals surface area contributed by atoms with E-state index >= 15 is 0 Å². The molecule has 0 aliphatic carbocycles. The monoisotopic (exact) mass is 362 g/mol. The van der Waals surface area contributed by atoms with Crippen molar-refractivity contribution in [1.29, 1.82) is 0 Å². The van der Waals surface area contributed by atoms with E-state index < -0.39 is 14.8 Å². The van der Waals surface area contributed by atoms with Crippen molar-refractivity contribution in [3.05, 3.63) is 63.7 Å². The summed E-state index contributed by atoms with van der Waals surface area (Å²) in [5.41, 5.74) is 1.85. The number of Topliss-reactive ketones (excluding diaryl/α,β-unsaturated/α-hetero) is 1. The summed E-state index contributed by atoms with van der Waals surface area (Å²) in [5, 5.41) is 14.2. The molecular weight excluding hydrogens is 344 g/mol. The van der Waals surface area contributed by atoms with Gasteiger partial charge in [-0.25, -0.2) is 8.42 Å². The van der Waals surface area contributed by atoms with Crippen LogP contribution in [0.3, 0.4) is 0 Å². The summed E-state index contributed by atoms with van der Waals surface area (Å²) in [6.45, 7) is 1.35. The summed E-state index contributed by atoms with van der Waals surface area (Å²) in [7, 11) is -3.03. The van der Waals surface area contributed by atoms with Gasteiger partial charge < -0.3 is 5.32 Å². The highest BCUT2D eigenvalue weighted by atomic mass is 32.2. The Hall–Kier alpha value is -2.74. The minimum absolute atomic E-state index is 0.0672. The predicted molar refractivity (Wildman–Crippen MR) is 96.2 cm³/mol. The third-order valence-corrected chi connectivity index (χ3v) is 4.54. The molecule has 0 aliphatic heterocycles. The number of rotatable bonds is 7. The van der Waals surface area contributed by atoms with Crippen LogP contribution < -0.4 is 5.32 Å². The lowest BCUT2D eigenvalue weighted by molar-refractivity contribution is -0.383. The Labute approximate surface area is 145 Å². The third-order valence-electron chi connectivity index (χ3n) is 3.60. The second-order valence-corrected chi connectivity index (χ2v) is 8.01. The van der Waals surface area contributed by atoms with Crippen LogP contribution in [0.15, 0.2) is 42.5 Å². The zero-order valence-electron chi connectivity index (χ0n) is 13.9. The van der Waals surface area contributed by atoms with E-state index in [0.29, 0.717) is 12.1 Å². The van der Waals surface area contributed by atoms with Crippen molar-refractivity contribution < 1.29 is 18.1 Å². The van der Waals surface area contributed by atoms with E-state index in [0.717, 1.165) is 5.56 Å². The zero-order chi connectivity index (χ0) is 18.6. The molecular formula is C17H18N2O5S. The smallest absolute Gasteiger partial charge is 0.293 e. The maximum absolute atomic E-state index is 11.4. The quantitative estimate of drug-likeness (QED) is 0.461. The standard InChI is InChI=1S/C17H18N2O5S/c1-12(20)14-5-8-16(17(11-14)19(21)22)18-15-6-3-13(4-7-15)9-10-25(2,23)24/h3-8,11,18H,9-10H2,1-2H3. The van der Waals surface area contributed by atoms with Gasteiger partial charge in [0.25, 0.3) is 5.69 Å². The van der Waals surface area contributed by atoms with Crippen LogP contribution in [0, 0.1) is 10.1 Å². The molecule has 2 rings (SSSR count). The molecule has 2 aromatic carbocycles. The summed E-state index contributed by atoms with van der Waals surface area (Å²) in [5.74, 6) is -0.178. The number of anilines is 2. The van der Waals surface area contributed by atoms with Gasteiger partial charge in [0.05, 0.1) is 10.7 Å². The Kier molecular flexibility index (Phi) is 5.53. The number of hydrogen-bond acceptors (Lipinski definition) is 6. The number of nitrogens with one attached hydrogen (secondary N) is 1. The van der Waals surface area contributed by atoms with Crippen LogP contribution in [0.5, 0.6) is 0 Å². The van der Waals surface area contributed by atoms with E-state index in [-0.39, 0.29) is 28.5 Å². The Balaban J connectivity index is 2.19. The van der Waals surface area contributed by atoms with Crippen LogP contribution in [0.25, 0.3) is 0 Å². The van der Waals surface area contributed by atoms with Gasteiger partial charge in [-0.05, 0) is 43.2 Å². The van der Waals surface area contributed by atoms with Gasteiger partial charge in [-0.2, -0.15) is 0 Å². The highest BCUT2D eigenvalue weighted by Crippen LogP contribution is 2.29. The number of aryl methyl sites for hydroxylation is 1. The van der Waals surface area contributed by atoms with Gasteiger partial charge in [0, 0.05) is 23.6 Å². The fourth-order valence-electron chi connectivity index (χ4n) is 2.22. The maximum Gasteiger partial charge on any atom is 0.293 e. The average Bonchev–Trinajstić information content (AvgIpc) is 2.53. The molecule has 0 saturated heterocycles. The van der Waals surface area contributed by atoms with Gasteiger partial charge in [-0.3, -0.25) is 14.9 Å². The molecule has 0 fully saturated rings. The molecule has 0 radical (unpaired) electrons. The minimum atomic E-state index is -3.03. The number of carbonyl (C=O) groups excluding carboxylic acids is 1. The van der Waals surface area contributed by atoms with Crippen molar-refractivity contribution in [2.45, 2.75) is 13.3 Å². The largest absolute Gasteiger partial charge is 0.350 e. The summed E-state index contributed by atoms with van der Waals surface area (Å²) >= 11 is 0. The third kappa shape index (κ3) is 5.39. The van der Waals surface area contributed by atoms with E-state index in [4.69, 9.17) is 0 Å². The summed E-state index contributed by atoms with van der Waals surface area (Å²) in [6.07, 6.45) is 1.60. The van der Waals surface area contributed by atoms with Crippen molar-refractivity contribution in [1.82, 2.24) is 0 Å². The number of ketones is 1. The predicted octanol–water partition coefficient (Wildman–Crippen LogP) is 3.13. The lowest BCUT2D eigenvalue weighted by atomic mass is 10.1. The Morgan fingerprint density at radius 3 is 2.32 bits per heavy atom. The van der Waals surface area contributed by atoms with E-state index in [9.17, 15) is 23.3 Å². The first-order valence-electron chi connectivity index (χ1n) is 7.49. The van der Waals surface area contributed by atoms with E-state index in [1.54, 1.807) is 24.3 Å². The second kappa shape index (κ2) is 7.43. The van der Waals surface area contributed by atoms with Crippen LogP contribution in [0.2, 0.25) is 0 Å². The van der Waals surface area contributed by atoms with Crippen molar-refractivity contribution in [3.8, 4) is 0 Å². The SMILES string of the molecule is CC(=O)c1ccc(Nc2ccc(CCS(C)(=O)=O)cc2)c([N+](=O)[O-])c1. The number of sulfone groups is 1. The van der Waals surface area contributed by atoms with Gasteiger partial charge in [0.15, 0.2) is 5.78 Å². The van der Waals surface area contributed by atoms with Gasteiger partial charge in [-0.15, -0.1) is 0 Å². The zero-order valence-corrected chi connectivity index (χ0v) is 14.7. The van der Waals surface area contributed by atoms with Crippen molar-refractivity contribution in [2.75, 3.05) is 17.3 Å². The molecule has 25 heavy (non-hydrogen) atoms. The fourth-order valence-corrected chi connectivity index (χ4v) is 2.83. The number of benzene rings is 2. The lowest BCUT2D eigenvalue weighted by Crippen LogP contribution is -2.05. The molecule has 0 bridgehead atoms.